The maximum atomic E-state index is 11.7. The Morgan fingerprint density at radius 3 is 2.75 bits per heavy atom. The van der Waals surface area contributed by atoms with Gasteiger partial charge in [0.25, 0.3) is 0 Å². The molecule has 0 saturated carbocycles. The number of nitrogens with one attached hydrogen (secondary N) is 1. The van der Waals surface area contributed by atoms with Crippen molar-refractivity contribution in [2.24, 2.45) is 5.92 Å². The normalized spacial score (nSPS) is 12.4. The van der Waals surface area contributed by atoms with Crippen LogP contribution in [0, 0.1) is 5.92 Å². The fourth-order valence-corrected chi connectivity index (χ4v) is 2.09. The van der Waals surface area contributed by atoms with Crippen LogP contribution in [0.1, 0.15) is 40.0 Å². The van der Waals surface area contributed by atoms with Crippen molar-refractivity contribution in [3.05, 3.63) is 24.3 Å². The number of benzene rings is 1. The van der Waals surface area contributed by atoms with Crippen molar-refractivity contribution in [2.45, 2.75) is 46.1 Å². The number of hydrogen-bond donors (Lipinski definition) is 2. The maximum absolute atomic E-state index is 11.7. The third-order valence-electron chi connectivity index (χ3n) is 2.92. The summed E-state index contributed by atoms with van der Waals surface area (Å²) in [6.07, 6.45) is 2.50. The number of hydrogen-bond acceptors (Lipinski definition) is 3. The molecule has 1 aromatic carbocycles. The van der Waals surface area contributed by atoms with Gasteiger partial charge in [0, 0.05) is 24.4 Å². The highest BCUT2D eigenvalue weighted by Crippen LogP contribution is 2.12. The molecule has 0 bridgehead atoms. The molecule has 112 valence electrons. The van der Waals surface area contributed by atoms with E-state index in [9.17, 15) is 4.79 Å². The van der Waals surface area contributed by atoms with Crippen LogP contribution in [0.25, 0.3) is 0 Å². The first kappa shape index (κ1) is 16.5. The first-order valence-electron chi connectivity index (χ1n) is 7.24. The summed E-state index contributed by atoms with van der Waals surface area (Å²) in [6, 6.07) is 7.19. The molecule has 1 atom stereocenters. The van der Waals surface area contributed by atoms with Crippen molar-refractivity contribution in [1.82, 2.24) is 0 Å². The Bertz CT molecular complexity index is 419. The number of nitrogen functional groups attached to an aromatic ring is 1. The monoisotopic (exact) mass is 278 g/mol. The zero-order chi connectivity index (χ0) is 15.0. The number of amides is 1. The number of carbonyl (C=O) groups is 1. The smallest absolute Gasteiger partial charge is 0.224 e. The van der Waals surface area contributed by atoms with Gasteiger partial charge in [-0.3, -0.25) is 4.79 Å². The third kappa shape index (κ3) is 7.14. The van der Waals surface area contributed by atoms with E-state index in [0.717, 1.165) is 18.5 Å². The number of nitrogens with two attached hydrogens (primary N) is 1. The molecule has 0 aliphatic heterocycles. The molecule has 1 aromatic rings. The zero-order valence-corrected chi connectivity index (χ0v) is 12.7. The molecule has 0 fully saturated rings. The highest BCUT2D eigenvalue weighted by Gasteiger charge is 2.06. The van der Waals surface area contributed by atoms with Crippen LogP contribution >= 0.6 is 0 Å². The summed E-state index contributed by atoms with van der Waals surface area (Å²) >= 11 is 0. The first-order chi connectivity index (χ1) is 9.47. The number of carbonyl (C=O) groups excluding carboxylic acids is 1. The second-order valence-corrected chi connectivity index (χ2v) is 5.59. The van der Waals surface area contributed by atoms with Crippen LogP contribution in [-0.2, 0) is 9.53 Å². The highest BCUT2D eigenvalue weighted by molar-refractivity contribution is 5.91. The van der Waals surface area contributed by atoms with E-state index < -0.39 is 0 Å². The van der Waals surface area contributed by atoms with Gasteiger partial charge in [-0.2, -0.15) is 0 Å². The standard InChI is InChI=1S/C16H26N2O2/c1-12(2)10-13(3)20-9-5-8-16(19)18-15-7-4-6-14(17)11-15/h4,6-7,11-13H,5,8-10,17H2,1-3H3,(H,18,19). The van der Waals surface area contributed by atoms with E-state index in [1.807, 2.05) is 12.1 Å². The molecule has 4 heteroatoms. The first-order valence-corrected chi connectivity index (χ1v) is 7.24. The fraction of sp³-hybridized carbons (Fsp3) is 0.562. The average molecular weight is 278 g/mol. The molecule has 0 radical (unpaired) electrons. The molecule has 0 aliphatic carbocycles. The molecule has 0 saturated heterocycles. The van der Waals surface area contributed by atoms with E-state index in [4.69, 9.17) is 10.5 Å². The van der Waals surface area contributed by atoms with Crippen LogP contribution in [0.2, 0.25) is 0 Å². The largest absolute Gasteiger partial charge is 0.399 e. The van der Waals surface area contributed by atoms with Crippen LogP contribution in [0.5, 0.6) is 0 Å². The van der Waals surface area contributed by atoms with Gasteiger partial charge in [0.15, 0.2) is 0 Å². The van der Waals surface area contributed by atoms with Gasteiger partial charge in [0.05, 0.1) is 6.10 Å². The molecule has 1 unspecified atom stereocenters. The fourth-order valence-electron chi connectivity index (χ4n) is 2.09. The van der Waals surface area contributed by atoms with Crippen LogP contribution < -0.4 is 11.1 Å². The topological polar surface area (TPSA) is 64.3 Å². The van der Waals surface area contributed by atoms with E-state index >= 15 is 0 Å². The predicted octanol–water partition coefficient (Wildman–Crippen LogP) is 3.44. The lowest BCUT2D eigenvalue weighted by atomic mass is 10.1. The molecular formula is C16H26N2O2. The van der Waals surface area contributed by atoms with Gasteiger partial charge in [-0.25, -0.2) is 0 Å². The van der Waals surface area contributed by atoms with Crippen molar-refractivity contribution in [3.63, 3.8) is 0 Å². The van der Waals surface area contributed by atoms with E-state index in [1.165, 1.54) is 0 Å². The Morgan fingerprint density at radius 2 is 2.10 bits per heavy atom. The predicted molar refractivity (Wildman–Crippen MR) is 83.6 cm³/mol. The molecule has 0 aliphatic rings. The van der Waals surface area contributed by atoms with Crippen molar-refractivity contribution >= 4 is 17.3 Å². The molecule has 0 aromatic heterocycles. The van der Waals surface area contributed by atoms with Gasteiger partial charge in [0.1, 0.15) is 0 Å². The van der Waals surface area contributed by atoms with Gasteiger partial charge in [-0.15, -0.1) is 0 Å². The zero-order valence-electron chi connectivity index (χ0n) is 12.7. The van der Waals surface area contributed by atoms with Gasteiger partial charge in [-0.1, -0.05) is 19.9 Å². The van der Waals surface area contributed by atoms with E-state index in [1.54, 1.807) is 12.1 Å². The Hall–Kier alpha value is -1.55. The lowest BCUT2D eigenvalue weighted by molar-refractivity contribution is -0.116. The summed E-state index contributed by atoms with van der Waals surface area (Å²) in [5.41, 5.74) is 7.04. The molecule has 4 nitrogen and oxygen atoms in total. The minimum absolute atomic E-state index is 0.00397. The van der Waals surface area contributed by atoms with Crippen LogP contribution in [0.4, 0.5) is 11.4 Å². The van der Waals surface area contributed by atoms with Crippen molar-refractivity contribution in [3.8, 4) is 0 Å². The highest BCUT2D eigenvalue weighted by atomic mass is 16.5. The molecule has 20 heavy (non-hydrogen) atoms. The summed E-state index contributed by atoms with van der Waals surface area (Å²) in [7, 11) is 0. The van der Waals surface area contributed by atoms with E-state index in [2.05, 4.69) is 26.1 Å². The second-order valence-electron chi connectivity index (χ2n) is 5.59. The lowest BCUT2D eigenvalue weighted by Gasteiger charge is -2.14. The van der Waals surface area contributed by atoms with Crippen molar-refractivity contribution in [1.29, 1.82) is 0 Å². The number of rotatable bonds is 8. The number of ether oxygens (including phenoxy) is 1. The maximum Gasteiger partial charge on any atom is 0.224 e. The number of anilines is 2. The quantitative estimate of drug-likeness (QED) is 0.565. The van der Waals surface area contributed by atoms with Crippen LogP contribution in [-0.4, -0.2) is 18.6 Å². The molecule has 0 spiro atoms. The van der Waals surface area contributed by atoms with E-state index in [-0.39, 0.29) is 12.0 Å². The van der Waals surface area contributed by atoms with Crippen LogP contribution in [0.15, 0.2) is 24.3 Å². The molecule has 3 N–H and O–H groups in total. The van der Waals surface area contributed by atoms with Gasteiger partial charge in [0.2, 0.25) is 5.91 Å². The van der Waals surface area contributed by atoms with Crippen molar-refractivity contribution < 1.29 is 9.53 Å². The average Bonchev–Trinajstić information content (AvgIpc) is 2.34. The van der Waals surface area contributed by atoms with Crippen molar-refractivity contribution in [2.75, 3.05) is 17.7 Å². The molecule has 1 amide bonds. The summed E-state index contributed by atoms with van der Waals surface area (Å²) < 4.78 is 5.67. The molecule has 1 rings (SSSR count). The Morgan fingerprint density at radius 1 is 1.35 bits per heavy atom. The Labute approximate surface area is 121 Å². The Balaban J connectivity index is 2.17. The SMILES string of the molecule is CC(C)CC(C)OCCCC(=O)Nc1cccc(N)c1. The molecular weight excluding hydrogens is 252 g/mol. The summed E-state index contributed by atoms with van der Waals surface area (Å²) in [4.78, 5) is 11.7. The summed E-state index contributed by atoms with van der Waals surface area (Å²) in [6.45, 7) is 7.06. The van der Waals surface area contributed by atoms with Gasteiger partial charge < -0.3 is 15.8 Å². The third-order valence-corrected chi connectivity index (χ3v) is 2.92. The van der Waals surface area contributed by atoms with Crippen LogP contribution in [0.3, 0.4) is 0 Å². The van der Waals surface area contributed by atoms with E-state index in [0.29, 0.717) is 24.6 Å². The minimum Gasteiger partial charge on any atom is -0.399 e. The lowest BCUT2D eigenvalue weighted by Crippen LogP contribution is -2.15. The summed E-state index contributed by atoms with van der Waals surface area (Å²) in [5, 5.41) is 2.83. The minimum atomic E-state index is -0.00397. The Kier molecular flexibility index (Phi) is 7.09. The van der Waals surface area contributed by atoms with Gasteiger partial charge >= 0.3 is 0 Å². The second kappa shape index (κ2) is 8.59. The summed E-state index contributed by atoms with van der Waals surface area (Å²) in [5.74, 6) is 0.632. The van der Waals surface area contributed by atoms with Gasteiger partial charge in [-0.05, 0) is 43.9 Å². The molecule has 0 heterocycles.